The Morgan fingerprint density at radius 2 is 2.09 bits per heavy atom. The predicted octanol–water partition coefficient (Wildman–Crippen LogP) is 3.23. The molecule has 120 valence electrons. The van der Waals surface area contributed by atoms with E-state index in [1.54, 1.807) is 6.92 Å². The number of pyridine rings is 1. The van der Waals surface area contributed by atoms with Crippen LogP contribution in [0.25, 0.3) is 10.8 Å². The van der Waals surface area contributed by atoms with Crippen molar-refractivity contribution in [3.8, 4) is 5.88 Å². The van der Waals surface area contributed by atoms with E-state index in [4.69, 9.17) is 4.74 Å². The highest BCUT2D eigenvalue weighted by atomic mass is 16.5. The number of aromatic nitrogens is 1. The Bertz CT molecular complexity index is 599. The molecule has 1 heterocycles. The second-order valence-corrected chi connectivity index (χ2v) is 5.70. The van der Waals surface area contributed by atoms with E-state index in [-0.39, 0.29) is 0 Å². The summed E-state index contributed by atoms with van der Waals surface area (Å²) in [5.41, 5.74) is 1.08. The molecular weight excluding hydrogens is 276 g/mol. The molecule has 0 spiro atoms. The lowest BCUT2D eigenvalue weighted by Crippen LogP contribution is -2.32. The lowest BCUT2D eigenvalue weighted by molar-refractivity contribution is 0.0299. The Balaban J connectivity index is 2.15. The van der Waals surface area contributed by atoms with Gasteiger partial charge >= 0.3 is 0 Å². The smallest absolute Gasteiger partial charge is 0.221 e. The van der Waals surface area contributed by atoms with Crippen molar-refractivity contribution < 1.29 is 9.84 Å². The van der Waals surface area contributed by atoms with Gasteiger partial charge in [0.05, 0.1) is 0 Å². The van der Waals surface area contributed by atoms with Crippen molar-refractivity contribution in [3.05, 3.63) is 36.0 Å². The van der Waals surface area contributed by atoms with Crippen LogP contribution in [0.4, 0.5) is 0 Å². The van der Waals surface area contributed by atoms with Gasteiger partial charge < -0.3 is 9.84 Å². The van der Waals surface area contributed by atoms with Gasteiger partial charge in [0.1, 0.15) is 12.8 Å². The van der Waals surface area contributed by atoms with Crippen molar-refractivity contribution in [2.24, 2.45) is 0 Å². The van der Waals surface area contributed by atoms with E-state index in [1.165, 1.54) is 5.39 Å². The Morgan fingerprint density at radius 3 is 2.82 bits per heavy atom. The summed E-state index contributed by atoms with van der Waals surface area (Å²) < 4.78 is 5.90. The van der Waals surface area contributed by atoms with Gasteiger partial charge in [-0.2, -0.15) is 0 Å². The minimum absolute atomic E-state index is 0.468. The van der Waals surface area contributed by atoms with Crippen molar-refractivity contribution in [2.75, 3.05) is 20.2 Å². The highest BCUT2D eigenvalue weighted by Crippen LogP contribution is 2.25. The molecule has 0 aliphatic heterocycles. The van der Waals surface area contributed by atoms with Gasteiger partial charge in [-0.15, -0.1) is 0 Å². The normalized spacial score (nSPS) is 12.8. The van der Waals surface area contributed by atoms with Gasteiger partial charge in [-0.3, -0.25) is 4.90 Å². The number of likely N-dealkylation sites (N-methyl/N-ethyl adjacent to an activating group) is 1. The minimum Gasteiger partial charge on any atom is -0.476 e. The first-order valence-corrected chi connectivity index (χ1v) is 8.01. The van der Waals surface area contributed by atoms with Gasteiger partial charge in [0.2, 0.25) is 5.88 Å². The third kappa shape index (κ3) is 4.42. The van der Waals surface area contributed by atoms with Gasteiger partial charge in [-0.25, -0.2) is 4.98 Å². The third-order valence-corrected chi connectivity index (χ3v) is 3.87. The number of hydrogen-bond acceptors (Lipinski definition) is 4. The van der Waals surface area contributed by atoms with Crippen LogP contribution in [0.3, 0.4) is 0 Å². The highest BCUT2D eigenvalue weighted by Gasteiger charge is 2.09. The zero-order valence-electron chi connectivity index (χ0n) is 13.7. The van der Waals surface area contributed by atoms with Crippen LogP contribution in [0.15, 0.2) is 30.3 Å². The predicted molar refractivity (Wildman–Crippen MR) is 90.2 cm³/mol. The van der Waals surface area contributed by atoms with E-state index in [0.29, 0.717) is 19.0 Å². The van der Waals surface area contributed by atoms with Gasteiger partial charge in [0, 0.05) is 17.6 Å². The summed E-state index contributed by atoms with van der Waals surface area (Å²) in [6.45, 7) is 5.10. The fourth-order valence-electron chi connectivity index (χ4n) is 2.29. The van der Waals surface area contributed by atoms with E-state index in [9.17, 15) is 5.11 Å². The maximum Gasteiger partial charge on any atom is 0.221 e. The van der Waals surface area contributed by atoms with E-state index < -0.39 is 6.23 Å². The van der Waals surface area contributed by atoms with Crippen molar-refractivity contribution in [1.29, 1.82) is 0 Å². The van der Waals surface area contributed by atoms with Crippen molar-refractivity contribution in [2.45, 2.75) is 39.3 Å². The SMILES string of the molecule is CCCCc1cc2ccccc2c(OCCN(C)C(C)O)n1. The van der Waals surface area contributed by atoms with E-state index in [0.717, 1.165) is 30.3 Å². The average molecular weight is 302 g/mol. The Hall–Kier alpha value is -1.65. The molecule has 0 amide bonds. The van der Waals surface area contributed by atoms with Crippen LogP contribution in [0.1, 0.15) is 32.4 Å². The highest BCUT2D eigenvalue weighted by molar-refractivity contribution is 5.87. The van der Waals surface area contributed by atoms with Crippen LogP contribution in [-0.4, -0.2) is 41.4 Å². The first kappa shape index (κ1) is 16.7. The monoisotopic (exact) mass is 302 g/mol. The Labute approximate surface area is 132 Å². The summed E-state index contributed by atoms with van der Waals surface area (Å²) in [6.07, 6.45) is 2.80. The maximum absolute atomic E-state index is 9.49. The quantitative estimate of drug-likeness (QED) is 0.761. The van der Waals surface area contributed by atoms with E-state index in [1.807, 2.05) is 30.1 Å². The number of fused-ring (bicyclic) bond motifs is 1. The number of rotatable bonds is 8. The Morgan fingerprint density at radius 1 is 1.32 bits per heavy atom. The summed E-state index contributed by atoms with van der Waals surface area (Å²) in [5.74, 6) is 0.697. The summed E-state index contributed by atoms with van der Waals surface area (Å²) in [5, 5.41) is 11.7. The fourth-order valence-corrected chi connectivity index (χ4v) is 2.29. The zero-order chi connectivity index (χ0) is 15.9. The second-order valence-electron chi connectivity index (χ2n) is 5.70. The number of nitrogens with zero attached hydrogens (tertiary/aromatic N) is 2. The average Bonchev–Trinajstić information content (AvgIpc) is 2.52. The molecule has 1 atom stereocenters. The molecule has 0 aliphatic carbocycles. The molecular formula is C18H26N2O2. The molecule has 0 fully saturated rings. The lowest BCUT2D eigenvalue weighted by Gasteiger charge is -2.20. The molecule has 0 bridgehead atoms. The first-order chi connectivity index (χ1) is 10.6. The van der Waals surface area contributed by atoms with Crippen LogP contribution in [0.5, 0.6) is 5.88 Å². The maximum atomic E-state index is 9.49. The fraction of sp³-hybridized carbons (Fsp3) is 0.500. The first-order valence-electron chi connectivity index (χ1n) is 8.01. The van der Waals surface area contributed by atoms with Gasteiger partial charge in [0.25, 0.3) is 0 Å². The summed E-state index contributed by atoms with van der Waals surface area (Å²) in [6, 6.07) is 10.3. The summed E-state index contributed by atoms with van der Waals surface area (Å²) >= 11 is 0. The topological polar surface area (TPSA) is 45.6 Å². The number of hydrogen-bond donors (Lipinski definition) is 1. The van der Waals surface area contributed by atoms with E-state index >= 15 is 0 Å². The number of benzene rings is 1. The molecule has 4 heteroatoms. The lowest BCUT2D eigenvalue weighted by atomic mass is 10.1. The second kappa shape index (κ2) is 8.11. The molecule has 0 radical (unpaired) electrons. The van der Waals surface area contributed by atoms with Gasteiger partial charge in [-0.1, -0.05) is 31.5 Å². The molecule has 1 aromatic carbocycles. The van der Waals surface area contributed by atoms with Crippen molar-refractivity contribution in [3.63, 3.8) is 0 Å². The standard InChI is InChI=1S/C18H26N2O2/c1-4-5-9-16-13-15-8-6-7-10-17(15)18(19-16)22-12-11-20(3)14(2)21/h6-8,10,13-14,21H,4-5,9,11-12H2,1-3H3. The molecule has 0 saturated heterocycles. The summed E-state index contributed by atoms with van der Waals surface area (Å²) in [7, 11) is 1.87. The van der Waals surface area contributed by atoms with Crippen LogP contribution >= 0.6 is 0 Å². The Kier molecular flexibility index (Phi) is 6.16. The number of ether oxygens (including phenoxy) is 1. The molecule has 1 aromatic heterocycles. The van der Waals surface area contributed by atoms with Crippen LogP contribution in [0, 0.1) is 0 Å². The number of aliphatic hydroxyl groups is 1. The molecule has 22 heavy (non-hydrogen) atoms. The van der Waals surface area contributed by atoms with Crippen molar-refractivity contribution in [1.82, 2.24) is 9.88 Å². The third-order valence-electron chi connectivity index (χ3n) is 3.87. The van der Waals surface area contributed by atoms with Gasteiger partial charge in [0.15, 0.2) is 0 Å². The minimum atomic E-state index is -0.468. The number of aliphatic hydroxyl groups excluding tert-OH is 1. The zero-order valence-corrected chi connectivity index (χ0v) is 13.7. The van der Waals surface area contributed by atoms with Crippen LogP contribution in [-0.2, 0) is 6.42 Å². The number of aryl methyl sites for hydroxylation is 1. The molecule has 1 N–H and O–H groups in total. The molecule has 0 saturated carbocycles. The molecule has 0 aliphatic rings. The van der Waals surface area contributed by atoms with E-state index in [2.05, 4.69) is 24.0 Å². The van der Waals surface area contributed by atoms with Crippen LogP contribution < -0.4 is 4.74 Å². The number of unbranched alkanes of at least 4 members (excludes halogenated alkanes) is 1. The molecule has 4 nitrogen and oxygen atoms in total. The summed E-state index contributed by atoms with van der Waals surface area (Å²) in [4.78, 5) is 6.51. The van der Waals surface area contributed by atoms with Crippen molar-refractivity contribution >= 4 is 10.8 Å². The molecule has 2 aromatic rings. The van der Waals surface area contributed by atoms with Gasteiger partial charge in [-0.05, 0) is 44.3 Å². The largest absolute Gasteiger partial charge is 0.476 e. The molecule has 2 rings (SSSR count). The molecule has 1 unspecified atom stereocenters. The van der Waals surface area contributed by atoms with Crippen LogP contribution in [0.2, 0.25) is 0 Å².